The molecule has 0 N–H and O–H groups in total. The second-order valence-electron chi connectivity index (χ2n) is 17.0. The molecule has 282 valence electrons. The molecule has 0 spiro atoms. The largest absolute Gasteiger partial charge is 0.309 e. The van der Waals surface area contributed by atoms with Gasteiger partial charge >= 0.3 is 0 Å². The van der Waals surface area contributed by atoms with E-state index < -0.39 is 0 Å². The van der Waals surface area contributed by atoms with Gasteiger partial charge in [0.1, 0.15) is 0 Å². The van der Waals surface area contributed by atoms with E-state index in [0.29, 0.717) is 0 Å². The van der Waals surface area contributed by atoms with Crippen LogP contribution in [0, 0.1) is 0 Å². The first-order chi connectivity index (χ1) is 29.5. The molecular formula is C59H41N. The van der Waals surface area contributed by atoms with E-state index in [4.69, 9.17) is 0 Å². The molecule has 10 aromatic carbocycles. The Morgan fingerprint density at radius 2 is 0.800 bits per heavy atom. The molecule has 1 aromatic heterocycles. The predicted molar refractivity (Wildman–Crippen MR) is 254 cm³/mol. The number of hydrogen-bond acceptors (Lipinski definition) is 0. The smallest absolute Gasteiger partial charge is 0.0553 e. The minimum Gasteiger partial charge on any atom is -0.309 e. The van der Waals surface area contributed by atoms with Crippen molar-refractivity contribution < 1.29 is 0 Å². The molecule has 0 aliphatic heterocycles. The summed E-state index contributed by atoms with van der Waals surface area (Å²) in [5.41, 5.74) is 21.2. The zero-order valence-electron chi connectivity index (χ0n) is 33.7. The van der Waals surface area contributed by atoms with Crippen molar-refractivity contribution in [2.24, 2.45) is 0 Å². The van der Waals surface area contributed by atoms with Crippen LogP contribution in [0.5, 0.6) is 0 Å². The standard InChI is InChI=1S/C59H41N/c1-59(2)53-18-10-9-17-51(53)52-31-30-44(36-54(52)59)48-34-46(40-22-20-39(21-23-40)38-12-5-3-6-13-38)33-47(35-48)41-24-26-42(27-25-41)49-32-45-29-28-43-14-11-19-55-57(43)58(45)56(37-49)60(55)50-15-7-4-8-16-50/h3-37H,1-2H3. The van der Waals surface area contributed by atoms with Crippen molar-refractivity contribution in [1.29, 1.82) is 0 Å². The van der Waals surface area contributed by atoms with Crippen LogP contribution in [0.1, 0.15) is 25.0 Å². The maximum absolute atomic E-state index is 2.44. The first-order valence-electron chi connectivity index (χ1n) is 21.0. The quantitative estimate of drug-likeness (QED) is 0.149. The van der Waals surface area contributed by atoms with Crippen molar-refractivity contribution in [2.75, 3.05) is 0 Å². The Bertz CT molecular complexity index is 3400. The zero-order valence-corrected chi connectivity index (χ0v) is 33.7. The number of aromatic nitrogens is 1. The van der Waals surface area contributed by atoms with E-state index in [-0.39, 0.29) is 5.41 Å². The zero-order chi connectivity index (χ0) is 40.0. The van der Waals surface area contributed by atoms with E-state index >= 15 is 0 Å². The van der Waals surface area contributed by atoms with Crippen molar-refractivity contribution in [3.05, 3.63) is 223 Å². The number of nitrogens with zero attached hydrogens (tertiary/aromatic N) is 1. The molecule has 1 aliphatic carbocycles. The van der Waals surface area contributed by atoms with Gasteiger partial charge in [-0.2, -0.15) is 0 Å². The fourth-order valence-electron chi connectivity index (χ4n) is 10.1. The van der Waals surface area contributed by atoms with Gasteiger partial charge in [-0.25, -0.2) is 0 Å². The van der Waals surface area contributed by atoms with Gasteiger partial charge < -0.3 is 4.57 Å². The maximum Gasteiger partial charge on any atom is 0.0553 e. The molecule has 0 saturated carbocycles. The average molecular weight is 764 g/mol. The molecule has 1 aliphatic rings. The lowest BCUT2D eigenvalue weighted by Gasteiger charge is -2.22. The summed E-state index contributed by atoms with van der Waals surface area (Å²) in [7, 11) is 0. The molecule has 0 amide bonds. The van der Waals surface area contributed by atoms with Crippen molar-refractivity contribution >= 4 is 32.6 Å². The second kappa shape index (κ2) is 13.3. The van der Waals surface area contributed by atoms with Gasteiger partial charge in [0.25, 0.3) is 0 Å². The monoisotopic (exact) mass is 763 g/mol. The summed E-state index contributed by atoms with van der Waals surface area (Å²) >= 11 is 0. The van der Waals surface area contributed by atoms with E-state index in [2.05, 4.69) is 231 Å². The Morgan fingerprint density at radius 3 is 1.48 bits per heavy atom. The highest BCUT2D eigenvalue weighted by atomic mass is 15.0. The number of fused-ring (bicyclic) bond motifs is 3. The highest BCUT2D eigenvalue weighted by molar-refractivity contribution is 6.25. The molecule has 60 heavy (non-hydrogen) atoms. The highest BCUT2D eigenvalue weighted by Crippen LogP contribution is 2.50. The van der Waals surface area contributed by atoms with Crippen LogP contribution in [-0.2, 0) is 5.41 Å². The van der Waals surface area contributed by atoms with E-state index in [0.717, 1.165) is 0 Å². The van der Waals surface area contributed by atoms with E-state index in [1.54, 1.807) is 0 Å². The van der Waals surface area contributed by atoms with Crippen LogP contribution >= 0.6 is 0 Å². The van der Waals surface area contributed by atoms with Crippen LogP contribution in [0.4, 0.5) is 0 Å². The minimum atomic E-state index is -0.0689. The van der Waals surface area contributed by atoms with Crippen LogP contribution in [0.3, 0.4) is 0 Å². The predicted octanol–water partition coefficient (Wildman–Crippen LogP) is 16.0. The lowest BCUT2D eigenvalue weighted by atomic mass is 9.81. The number of rotatable bonds is 6. The molecule has 1 nitrogen and oxygen atoms in total. The van der Waals surface area contributed by atoms with Crippen molar-refractivity contribution in [2.45, 2.75) is 19.3 Å². The van der Waals surface area contributed by atoms with Crippen LogP contribution in [-0.4, -0.2) is 4.57 Å². The molecule has 0 fully saturated rings. The molecule has 0 saturated heterocycles. The number of hydrogen-bond donors (Lipinski definition) is 0. The third-order valence-corrected chi connectivity index (χ3v) is 13.1. The minimum absolute atomic E-state index is 0.0689. The maximum atomic E-state index is 2.44. The molecule has 0 unspecified atom stereocenters. The third-order valence-electron chi connectivity index (χ3n) is 13.1. The topological polar surface area (TPSA) is 4.93 Å². The second-order valence-corrected chi connectivity index (χ2v) is 17.0. The van der Waals surface area contributed by atoms with Crippen molar-refractivity contribution in [1.82, 2.24) is 4.57 Å². The van der Waals surface area contributed by atoms with Crippen LogP contribution < -0.4 is 0 Å². The fourth-order valence-corrected chi connectivity index (χ4v) is 10.1. The lowest BCUT2D eigenvalue weighted by Crippen LogP contribution is -2.14. The summed E-state index contributed by atoms with van der Waals surface area (Å²) in [6, 6.07) is 78.7. The van der Waals surface area contributed by atoms with Gasteiger partial charge in [0, 0.05) is 21.9 Å². The van der Waals surface area contributed by atoms with E-state index in [1.807, 2.05) is 0 Å². The van der Waals surface area contributed by atoms with Gasteiger partial charge in [-0.1, -0.05) is 172 Å². The first kappa shape index (κ1) is 34.6. The summed E-state index contributed by atoms with van der Waals surface area (Å²) < 4.78 is 2.43. The molecular weight excluding hydrogens is 723 g/mol. The number of para-hydroxylation sites is 1. The lowest BCUT2D eigenvalue weighted by molar-refractivity contribution is 0.660. The summed E-state index contributed by atoms with van der Waals surface area (Å²) in [6.45, 7) is 4.72. The highest BCUT2D eigenvalue weighted by Gasteiger charge is 2.35. The normalized spacial score (nSPS) is 13.0. The Kier molecular flexibility index (Phi) is 7.65. The fraction of sp³-hybridized carbons (Fsp3) is 0.0508. The molecule has 0 bridgehead atoms. The van der Waals surface area contributed by atoms with Gasteiger partial charge in [-0.05, 0) is 143 Å². The molecule has 11 aromatic rings. The number of benzene rings is 10. The Hall–Kier alpha value is -7.48. The summed E-state index contributed by atoms with van der Waals surface area (Å²) in [5, 5.41) is 5.20. The Balaban J connectivity index is 0.976. The van der Waals surface area contributed by atoms with Gasteiger partial charge in [0.15, 0.2) is 0 Å². The van der Waals surface area contributed by atoms with E-state index in [1.165, 1.54) is 116 Å². The third kappa shape index (κ3) is 5.40. The average Bonchev–Trinajstić information content (AvgIpc) is 3.77. The van der Waals surface area contributed by atoms with Crippen LogP contribution in [0.25, 0.3) is 105 Å². The molecule has 0 radical (unpaired) electrons. The van der Waals surface area contributed by atoms with Crippen molar-refractivity contribution in [3.63, 3.8) is 0 Å². The van der Waals surface area contributed by atoms with Crippen LogP contribution in [0.2, 0.25) is 0 Å². The Labute approximate surface area is 350 Å². The molecule has 1 heteroatoms. The molecule has 1 heterocycles. The van der Waals surface area contributed by atoms with Crippen molar-refractivity contribution in [3.8, 4) is 72.4 Å². The SMILES string of the molecule is CC1(C)c2ccccc2-c2ccc(-c3cc(-c4ccc(-c5ccccc5)cc4)cc(-c4ccc(-c5cc6ccc7cccc8c7c6c(c5)n8-c5ccccc5)cc4)c3)cc21. The molecule has 12 rings (SSSR count). The van der Waals surface area contributed by atoms with Gasteiger partial charge in [-0.3, -0.25) is 0 Å². The van der Waals surface area contributed by atoms with Gasteiger partial charge in [0.05, 0.1) is 11.0 Å². The molecule has 0 atom stereocenters. The van der Waals surface area contributed by atoms with E-state index in [9.17, 15) is 0 Å². The van der Waals surface area contributed by atoms with Gasteiger partial charge in [0.2, 0.25) is 0 Å². The Morgan fingerprint density at radius 1 is 0.300 bits per heavy atom. The van der Waals surface area contributed by atoms with Crippen LogP contribution in [0.15, 0.2) is 212 Å². The first-order valence-corrected chi connectivity index (χ1v) is 21.0. The summed E-state index contributed by atoms with van der Waals surface area (Å²) in [6.07, 6.45) is 0. The summed E-state index contributed by atoms with van der Waals surface area (Å²) in [5.74, 6) is 0. The van der Waals surface area contributed by atoms with Gasteiger partial charge in [-0.15, -0.1) is 0 Å². The summed E-state index contributed by atoms with van der Waals surface area (Å²) in [4.78, 5) is 0.